The maximum Gasteiger partial charge on any atom is 0.211 e. The first-order valence-electron chi connectivity index (χ1n) is 6.97. The van der Waals surface area contributed by atoms with E-state index >= 15 is 0 Å². The number of benzene rings is 1. The largest absolute Gasteiger partial charge is 0.508 e. The number of phenolic OH excluding ortho intramolecular Hbond substituents is 2. The Labute approximate surface area is 141 Å². The zero-order valence-electron chi connectivity index (χ0n) is 12.6. The Morgan fingerprint density at radius 3 is 2.64 bits per heavy atom. The van der Waals surface area contributed by atoms with Gasteiger partial charge in [0.1, 0.15) is 40.8 Å². The van der Waals surface area contributed by atoms with Crippen molar-refractivity contribution in [3.05, 3.63) is 34.9 Å². The van der Waals surface area contributed by atoms with E-state index in [1.807, 2.05) is 6.07 Å². The summed E-state index contributed by atoms with van der Waals surface area (Å²) >= 11 is 0. The number of phenols is 2. The van der Waals surface area contributed by atoms with Gasteiger partial charge in [-0.2, -0.15) is 10.5 Å². The second-order valence-electron chi connectivity index (χ2n) is 5.14. The van der Waals surface area contributed by atoms with Crippen LogP contribution >= 0.6 is 0 Å². The van der Waals surface area contributed by atoms with E-state index in [1.54, 1.807) is 6.19 Å². The second-order valence-corrected chi connectivity index (χ2v) is 5.14. The Morgan fingerprint density at radius 1 is 1.24 bits per heavy atom. The van der Waals surface area contributed by atoms with Crippen LogP contribution in [0.2, 0.25) is 0 Å². The summed E-state index contributed by atoms with van der Waals surface area (Å²) < 4.78 is 0. The van der Waals surface area contributed by atoms with Gasteiger partial charge in [0.15, 0.2) is 6.19 Å². The topological polar surface area (TPSA) is 189 Å². The second kappa shape index (κ2) is 5.79. The number of hydrogen-bond acceptors (Lipinski definition) is 10. The van der Waals surface area contributed by atoms with E-state index in [1.165, 1.54) is 12.1 Å². The number of nitrogens with zero attached hydrogens (tertiary/aromatic N) is 4. The van der Waals surface area contributed by atoms with Gasteiger partial charge in [-0.1, -0.05) is 0 Å². The quantitative estimate of drug-likeness (QED) is 0.317. The molecule has 0 saturated carbocycles. The fourth-order valence-corrected chi connectivity index (χ4v) is 2.57. The average Bonchev–Trinajstić information content (AvgIpc) is 2.54. The fourth-order valence-electron chi connectivity index (χ4n) is 2.57. The zero-order valence-corrected chi connectivity index (χ0v) is 12.6. The molecule has 0 fully saturated rings. The van der Waals surface area contributed by atoms with Crippen LogP contribution in [0.25, 0.3) is 0 Å². The number of anilines is 3. The van der Waals surface area contributed by atoms with Gasteiger partial charge >= 0.3 is 0 Å². The Bertz CT molecular complexity index is 986. The molecule has 10 nitrogen and oxygen atoms in total. The number of fused-ring (bicyclic) bond motifs is 1. The van der Waals surface area contributed by atoms with Crippen molar-refractivity contribution in [1.29, 1.82) is 10.5 Å². The molecule has 2 aromatic rings. The molecule has 1 aliphatic rings. The number of pyridine rings is 1. The smallest absolute Gasteiger partial charge is 0.211 e. The molecule has 0 aliphatic carbocycles. The van der Waals surface area contributed by atoms with Crippen molar-refractivity contribution >= 4 is 23.3 Å². The third kappa shape index (κ3) is 2.54. The molecule has 124 valence electrons. The van der Waals surface area contributed by atoms with Crippen LogP contribution in [0.1, 0.15) is 22.7 Å². The normalized spacial score (nSPS) is 15.1. The number of hydrogen-bond donors (Lipinski definition) is 6. The lowest BCUT2D eigenvalue weighted by Crippen LogP contribution is -2.32. The number of aromatic nitrogens is 1. The third-order valence-corrected chi connectivity index (χ3v) is 3.67. The molecule has 1 aromatic carbocycles. The van der Waals surface area contributed by atoms with Crippen LogP contribution in [0.5, 0.6) is 11.5 Å². The molecule has 10 heteroatoms. The van der Waals surface area contributed by atoms with Crippen molar-refractivity contribution in [2.24, 2.45) is 4.99 Å². The van der Waals surface area contributed by atoms with Crippen LogP contribution in [0.4, 0.5) is 17.3 Å². The van der Waals surface area contributed by atoms with Gasteiger partial charge in [0.05, 0.1) is 5.69 Å². The molecule has 1 atom stereocenters. The van der Waals surface area contributed by atoms with Gasteiger partial charge in [0.25, 0.3) is 0 Å². The first kappa shape index (κ1) is 15.7. The summed E-state index contributed by atoms with van der Waals surface area (Å²) in [7, 11) is 0. The molecule has 3 rings (SSSR count). The van der Waals surface area contributed by atoms with Gasteiger partial charge in [-0.25, -0.2) is 9.98 Å². The van der Waals surface area contributed by atoms with E-state index in [2.05, 4.69) is 20.6 Å². The highest BCUT2D eigenvalue weighted by Crippen LogP contribution is 2.43. The molecule has 0 radical (unpaired) electrons. The highest BCUT2D eigenvalue weighted by atomic mass is 16.3. The number of nitrogens with two attached hydrogens (primary N) is 2. The number of aromatic hydroxyl groups is 2. The Morgan fingerprint density at radius 2 is 2.00 bits per heavy atom. The molecule has 0 spiro atoms. The minimum absolute atomic E-state index is 0.00397. The lowest BCUT2D eigenvalue weighted by Gasteiger charge is -2.26. The number of nitrogens with one attached hydrogen (secondary N) is 2. The number of nitrogen functional groups attached to an aromatic ring is 2. The number of nitriles is 2. The molecule has 8 N–H and O–H groups in total. The summed E-state index contributed by atoms with van der Waals surface area (Å²) in [6.45, 7) is 0. The first-order chi connectivity index (χ1) is 12.0. The molecule has 25 heavy (non-hydrogen) atoms. The number of aliphatic imine (C=N–C) groups is 1. The van der Waals surface area contributed by atoms with Crippen molar-refractivity contribution in [2.75, 3.05) is 16.8 Å². The van der Waals surface area contributed by atoms with Gasteiger partial charge in [-0.3, -0.25) is 5.32 Å². The summed E-state index contributed by atoms with van der Waals surface area (Å²) in [5.74, 6) is -0.149. The van der Waals surface area contributed by atoms with E-state index in [0.29, 0.717) is 11.1 Å². The van der Waals surface area contributed by atoms with Gasteiger partial charge < -0.3 is 27.0 Å². The third-order valence-electron chi connectivity index (χ3n) is 3.67. The number of rotatable bonds is 1. The Kier molecular flexibility index (Phi) is 3.64. The van der Waals surface area contributed by atoms with Crippen LogP contribution in [-0.4, -0.2) is 21.2 Å². The van der Waals surface area contributed by atoms with Crippen LogP contribution in [-0.2, 0) is 0 Å². The molecule has 2 heterocycles. The average molecular weight is 336 g/mol. The van der Waals surface area contributed by atoms with Crippen molar-refractivity contribution in [3.8, 4) is 23.8 Å². The standard InChI is InChI=1S/C15H12N8O2/c16-4-8-11(18)10-12(7-2-1-6(24)3-9(7)25)21-15(20-5-17)23-14(10)22-13(8)19/h1-3,12,24-25H,(H6,18,19,20,21,22,23). The summed E-state index contributed by atoms with van der Waals surface area (Å²) in [4.78, 5) is 8.40. The summed E-state index contributed by atoms with van der Waals surface area (Å²) in [5, 5.41) is 42.8. The van der Waals surface area contributed by atoms with Crippen LogP contribution < -0.4 is 22.1 Å². The van der Waals surface area contributed by atoms with E-state index in [0.717, 1.165) is 6.07 Å². The van der Waals surface area contributed by atoms with E-state index in [4.69, 9.17) is 16.7 Å². The highest BCUT2D eigenvalue weighted by molar-refractivity contribution is 5.98. The van der Waals surface area contributed by atoms with Crippen LogP contribution in [0.15, 0.2) is 23.2 Å². The number of guanidine groups is 1. The molecular formula is C15H12N8O2. The summed E-state index contributed by atoms with van der Waals surface area (Å²) in [6, 6.07) is 5.00. The van der Waals surface area contributed by atoms with Crippen molar-refractivity contribution < 1.29 is 10.2 Å². The van der Waals surface area contributed by atoms with E-state index in [-0.39, 0.29) is 40.3 Å². The van der Waals surface area contributed by atoms with Crippen molar-refractivity contribution in [1.82, 2.24) is 10.3 Å². The lowest BCUT2D eigenvalue weighted by molar-refractivity contribution is 0.444. The molecule has 1 aliphatic heterocycles. The van der Waals surface area contributed by atoms with E-state index < -0.39 is 6.04 Å². The first-order valence-corrected chi connectivity index (χ1v) is 6.97. The Balaban J connectivity index is 2.28. The predicted molar refractivity (Wildman–Crippen MR) is 89.2 cm³/mol. The Hall–Kier alpha value is -4.18. The van der Waals surface area contributed by atoms with Gasteiger partial charge in [0.2, 0.25) is 5.96 Å². The maximum absolute atomic E-state index is 10.2. The highest BCUT2D eigenvalue weighted by Gasteiger charge is 2.31. The zero-order chi connectivity index (χ0) is 18.1. The summed E-state index contributed by atoms with van der Waals surface area (Å²) in [6.07, 6.45) is 1.73. The van der Waals surface area contributed by atoms with Crippen LogP contribution in [0.3, 0.4) is 0 Å². The minimum atomic E-state index is -0.868. The molecule has 1 aromatic heterocycles. The molecular weight excluding hydrogens is 324 g/mol. The SMILES string of the molecule is N#CNC1=NC(c2ccc(O)cc2O)c2c(nc(N)c(C#N)c2N)N1. The van der Waals surface area contributed by atoms with Crippen molar-refractivity contribution in [3.63, 3.8) is 0 Å². The maximum atomic E-state index is 10.2. The van der Waals surface area contributed by atoms with Crippen molar-refractivity contribution in [2.45, 2.75) is 6.04 Å². The molecule has 1 unspecified atom stereocenters. The lowest BCUT2D eigenvalue weighted by atomic mass is 9.94. The van der Waals surface area contributed by atoms with Gasteiger partial charge in [0, 0.05) is 17.2 Å². The molecule has 0 amide bonds. The van der Waals surface area contributed by atoms with E-state index in [9.17, 15) is 15.5 Å². The predicted octanol–water partition coefficient (Wildman–Crippen LogP) is 0.470. The van der Waals surface area contributed by atoms with Gasteiger partial charge in [-0.05, 0) is 12.1 Å². The van der Waals surface area contributed by atoms with Gasteiger partial charge in [-0.15, -0.1) is 0 Å². The monoisotopic (exact) mass is 336 g/mol. The summed E-state index contributed by atoms with van der Waals surface area (Å²) in [5.41, 5.74) is 12.5. The fraction of sp³-hybridized carbons (Fsp3) is 0.0667. The molecule has 0 saturated heterocycles. The van der Waals surface area contributed by atoms with Crippen LogP contribution in [0, 0.1) is 22.8 Å². The molecule has 0 bridgehead atoms. The minimum Gasteiger partial charge on any atom is -0.508 e.